The Bertz CT molecular complexity index is 450. The lowest BCUT2D eigenvalue weighted by Crippen LogP contribution is -2.42. The van der Waals surface area contributed by atoms with Gasteiger partial charge in [-0.05, 0) is 12.1 Å². The van der Waals surface area contributed by atoms with Crippen LogP contribution in [-0.4, -0.2) is 18.5 Å². The number of hydrogen-bond acceptors (Lipinski definition) is 3. The first-order chi connectivity index (χ1) is 8.23. The average molecular weight is 282 g/mol. The van der Waals surface area contributed by atoms with Crippen LogP contribution in [0.15, 0.2) is 18.2 Å². The van der Waals surface area contributed by atoms with Crippen LogP contribution >= 0.6 is 11.6 Å². The summed E-state index contributed by atoms with van der Waals surface area (Å²) in [6.07, 6.45) is -4.55. The van der Waals surface area contributed by atoms with Crippen LogP contribution in [0.5, 0.6) is 0 Å². The Labute approximate surface area is 106 Å². The average Bonchev–Trinajstić information content (AvgIpc) is 2.25. The highest BCUT2D eigenvalue weighted by Crippen LogP contribution is 2.38. The highest BCUT2D eigenvalue weighted by molar-refractivity contribution is 6.33. The number of anilines is 1. The molecule has 0 saturated carbocycles. The molecule has 1 rings (SSSR count). The molecule has 0 aliphatic carbocycles. The van der Waals surface area contributed by atoms with E-state index in [1.165, 1.54) is 12.1 Å². The zero-order valence-electron chi connectivity index (χ0n) is 9.09. The van der Waals surface area contributed by atoms with E-state index in [-0.39, 0.29) is 17.3 Å². The number of carbonyl (C=O) groups excluding carboxylic acids is 1. The Morgan fingerprint density at radius 3 is 2.56 bits per heavy atom. The van der Waals surface area contributed by atoms with Gasteiger partial charge >= 0.3 is 6.18 Å². The van der Waals surface area contributed by atoms with E-state index in [1.54, 1.807) is 0 Å². The van der Waals surface area contributed by atoms with Crippen molar-refractivity contribution in [3.05, 3.63) is 28.8 Å². The van der Waals surface area contributed by atoms with Crippen LogP contribution < -0.4 is 16.8 Å². The first-order valence-electron chi connectivity index (χ1n) is 4.88. The predicted molar refractivity (Wildman–Crippen MR) is 62.1 cm³/mol. The van der Waals surface area contributed by atoms with E-state index in [0.29, 0.717) is 0 Å². The molecule has 0 spiro atoms. The van der Waals surface area contributed by atoms with E-state index < -0.39 is 23.7 Å². The fourth-order valence-corrected chi connectivity index (χ4v) is 1.49. The normalized spacial score (nSPS) is 13.2. The summed E-state index contributed by atoms with van der Waals surface area (Å²) in [5, 5.41) is 2.28. The number of hydrogen-bond donors (Lipinski definition) is 3. The summed E-state index contributed by atoms with van der Waals surface area (Å²) in [4.78, 5) is 10.7. The van der Waals surface area contributed by atoms with Crippen LogP contribution in [0.1, 0.15) is 5.56 Å². The number of rotatable bonds is 4. The SMILES string of the molecule is NC(=O)C(N)CNc1c(Cl)cccc1C(F)(F)F. The summed E-state index contributed by atoms with van der Waals surface area (Å²) >= 11 is 5.68. The van der Waals surface area contributed by atoms with Crippen molar-refractivity contribution >= 4 is 23.2 Å². The molecule has 18 heavy (non-hydrogen) atoms. The van der Waals surface area contributed by atoms with Crippen molar-refractivity contribution in [3.8, 4) is 0 Å². The van der Waals surface area contributed by atoms with Gasteiger partial charge in [-0.3, -0.25) is 4.79 Å². The van der Waals surface area contributed by atoms with Crippen molar-refractivity contribution in [2.75, 3.05) is 11.9 Å². The van der Waals surface area contributed by atoms with Crippen molar-refractivity contribution < 1.29 is 18.0 Å². The Morgan fingerprint density at radius 1 is 1.44 bits per heavy atom. The highest BCUT2D eigenvalue weighted by atomic mass is 35.5. The second-order valence-corrected chi connectivity index (χ2v) is 3.96. The number of benzene rings is 1. The van der Waals surface area contributed by atoms with E-state index in [0.717, 1.165) is 6.07 Å². The maximum atomic E-state index is 12.7. The number of carbonyl (C=O) groups is 1. The lowest BCUT2D eigenvalue weighted by Gasteiger charge is -2.17. The standard InChI is InChI=1S/C10H11ClF3N3O/c11-6-3-1-2-5(10(12,13)14)8(6)17-4-7(15)9(16)18/h1-3,7,17H,4,15H2,(H2,16,18). The van der Waals surface area contributed by atoms with Gasteiger partial charge in [-0.2, -0.15) is 13.2 Å². The molecule has 1 atom stereocenters. The summed E-state index contributed by atoms with van der Waals surface area (Å²) < 4.78 is 38.1. The van der Waals surface area contributed by atoms with Crippen LogP contribution in [0, 0.1) is 0 Å². The lowest BCUT2D eigenvalue weighted by atomic mass is 10.1. The largest absolute Gasteiger partial charge is 0.418 e. The van der Waals surface area contributed by atoms with Gasteiger partial charge in [-0.1, -0.05) is 17.7 Å². The van der Waals surface area contributed by atoms with Crippen LogP contribution in [0.4, 0.5) is 18.9 Å². The van der Waals surface area contributed by atoms with Crippen molar-refractivity contribution in [1.29, 1.82) is 0 Å². The summed E-state index contributed by atoms with van der Waals surface area (Å²) in [5.41, 5.74) is 8.97. The molecule has 8 heteroatoms. The number of primary amides is 1. The maximum absolute atomic E-state index is 12.7. The van der Waals surface area contributed by atoms with E-state index in [4.69, 9.17) is 23.1 Å². The van der Waals surface area contributed by atoms with Gasteiger partial charge < -0.3 is 16.8 Å². The maximum Gasteiger partial charge on any atom is 0.418 e. The fourth-order valence-electron chi connectivity index (χ4n) is 1.25. The Kier molecular flexibility index (Phi) is 4.42. The molecule has 1 aromatic rings. The molecule has 0 radical (unpaired) electrons. The number of amides is 1. The number of nitrogens with two attached hydrogens (primary N) is 2. The first kappa shape index (κ1) is 14.6. The van der Waals surface area contributed by atoms with E-state index in [1.807, 2.05) is 0 Å². The second kappa shape index (κ2) is 5.45. The van der Waals surface area contributed by atoms with Gasteiger partial charge in [0.05, 0.1) is 16.3 Å². The molecule has 0 aromatic heterocycles. The molecule has 4 nitrogen and oxygen atoms in total. The monoisotopic (exact) mass is 281 g/mol. The Morgan fingerprint density at radius 2 is 2.06 bits per heavy atom. The molecular formula is C10H11ClF3N3O. The zero-order chi connectivity index (χ0) is 13.9. The van der Waals surface area contributed by atoms with Crippen molar-refractivity contribution in [2.24, 2.45) is 11.5 Å². The number of halogens is 4. The topological polar surface area (TPSA) is 81.1 Å². The van der Waals surface area contributed by atoms with E-state index >= 15 is 0 Å². The van der Waals surface area contributed by atoms with Gasteiger partial charge in [0.15, 0.2) is 0 Å². The smallest absolute Gasteiger partial charge is 0.381 e. The summed E-state index contributed by atoms with van der Waals surface area (Å²) in [5.74, 6) is -0.817. The molecule has 1 amide bonds. The molecule has 0 saturated heterocycles. The minimum absolute atomic E-state index is 0.110. The summed E-state index contributed by atoms with van der Waals surface area (Å²) in [7, 11) is 0. The van der Waals surface area contributed by atoms with Crippen molar-refractivity contribution in [1.82, 2.24) is 0 Å². The van der Waals surface area contributed by atoms with Crippen LogP contribution in [0.25, 0.3) is 0 Å². The van der Waals surface area contributed by atoms with Gasteiger partial charge in [0.2, 0.25) is 5.91 Å². The molecule has 1 unspecified atom stereocenters. The highest BCUT2D eigenvalue weighted by Gasteiger charge is 2.34. The Balaban J connectivity index is 2.97. The molecule has 0 bridgehead atoms. The van der Waals surface area contributed by atoms with Crippen molar-refractivity contribution in [2.45, 2.75) is 12.2 Å². The molecule has 100 valence electrons. The van der Waals surface area contributed by atoms with Crippen LogP contribution in [0.2, 0.25) is 5.02 Å². The fraction of sp³-hybridized carbons (Fsp3) is 0.300. The Hall–Kier alpha value is -1.47. The number of nitrogens with one attached hydrogen (secondary N) is 1. The third-order valence-corrected chi connectivity index (χ3v) is 2.50. The molecule has 1 aromatic carbocycles. The summed E-state index contributed by atoms with van der Waals surface area (Å²) in [6.45, 7) is -0.234. The third kappa shape index (κ3) is 3.51. The quantitative estimate of drug-likeness (QED) is 0.784. The minimum atomic E-state index is -4.55. The molecule has 5 N–H and O–H groups in total. The van der Waals surface area contributed by atoms with Gasteiger partial charge in [-0.25, -0.2) is 0 Å². The molecular weight excluding hydrogens is 271 g/mol. The second-order valence-electron chi connectivity index (χ2n) is 3.55. The van der Waals surface area contributed by atoms with Crippen LogP contribution in [-0.2, 0) is 11.0 Å². The zero-order valence-corrected chi connectivity index (χ0v) is 9.85. The van der Waals surface area contributed by atoms with E-state index in [2.05, 4.69) is 5.32 Å². The van der Waals surface area contributed by atoms with Gasteiger partial charge in [0.25, 0.3) is 0 Å². The first-order valence-corrected chi connectivity index (χ1v) is 5.25. The van der Waals surface area contributed by atoms with Crippen molar-refractivity contribution in [3.63, 3.8) is 0 Å². The number of alkyl halides is 3. The molecule has 0 fully saturated rings. The lowest BCUT2D eigenvalue weighted by molar-refractivity contribution is -0.137. The third-order valence-electron chi connectivity index (χ3n) is 2.18. The van der Waals surface area contributed by atoms with Crippen LogP contribution in [0.3, 0.4) is 0 Å². The molecule has 0 aliphatic rings. The van der Waals surface area contributed by atoms with E-state index in [9.17, 15) is 18.0 Å². The van der Waals surface area contributed by atoms with Gasteiger partial charge in [0, 0.05) is 6.54 Å². The summed E-state index contributed by atoms with van der Waals surface area (Å²) in [6, 6.07) is 2.27. The predicted octanol–water partition coefficient (Wildman–Crippen LogP) is 1.58. The molecule has 0 aliphatic heterocycles. The van der Waals surface area contributed by atoms with Gasteiger partial charge in [-0.15, -0.1) is 0 Å². The molecule has 0 heterocycles. The minimum Gasteiger partial charge on any atom is -0.381 e. The van der Waals surface area contributed by atoms with Gasteiger partial charge in [0.1, 0.15) is 6.04 Å². The number of para-hydroxylation sites is 1.